The molecule has 0 atom stereocenters. The van der Waals surface area contributed by atoms with Crippen molar-refractivity contribution in [2.24, 2.45) is 11.8 Å². The number of nitrogens with zero attached hydrogens (tertiary/aromatic N) is 1. The Morgan fingerprint density at radius 3 is 2.64 bits per heavy atom. The highest BCUT2D eigenvalue weighted by atomic mass is 14.9. The summed E-state index contributed by atoms with van der Waals surface area (Å²) < 4.78 is 0. The van der Waals surface area contributed by atoms with E-state index in [2.05, 4.69) is 47.6 Å². The van der Waals surface area contributed by atoms with Crippen LogP contribution in [-0.4, -0.2) is 11.5 Å². The zero-order chi connectivity index (χ0) is 15.2. The Hall–Kier alpha value is -1.41. The molecule has 1 saturated carbocycles. The van der Waals surface area contributed by atoms with Crippen molar-refractivity contribution < 1.29 is 0 Å². The average Bonchev–Trinajstić information content (AvgIpc) is 2.57. The zero-order valence-corrected chi connectivity index (χ0v) is 13.7. The van der Waals surface area contributed by atoms with Crippen LogP contribution in [0.4, 0.5) is 0 Å². The minimum Gasteiger partial charge on any atom is -0.312 e. The van der Waals surface area contributed by atoms with Crippen LogP contribution in [0.2, 0.25) is 0 Å². The second-order valence-electron chi connectivity index (χ2n) is 6.79. The number of rotatable bonds is 6. The summed E-state index contributed by atoms with van der Waals surface area (Å²) in [6.07, 6.45) is 10.4. The molecule has 0 radical (unpaired) electrons. The van der Waals surface area contributed by atoms with Gasteiger partial charge in [-0.2, -0.15) is 0 Å². The molecule has 2 nitrogen and oxygen atoms in total. The van der Waals surface area contributed by atoms with Crippen LogP contribution >= 0.6 is 0 Å². The molecule has 0 aliphatic heterocycles. The van der Waals surface area contributed by atoms with Crippen molar-refractivity contribution in [2.45, 2.75) is 52.0 Å². The normalized spacial score (nSPS) is 22.0. The molecule has 118 valence electrons. The Kier molecular flexibility index (Phi) is 5.44. The zero-order valence-electron chi connectivity index (χ0n) is 13.7. The largest absolute Gasteiger partial charge is 0.312 e. The topological polar surface area (TPSA) is 24.9 Å². The van der Waals surface area contributed by atoms with Crippen LogP contribution in [0, 0.1) is 11.8 Å². The Bertz CT molecular complexity index is 580. The first-order chi connectivity index (χ1) is 10.9. The van der Waals surface area contributed by atoms with Crippen LogP contribution in [0.5, 0.6) is 0 Å². The van der Waals surface area contributed by atoms with Crippen molar-refractivity contribution in [3.05, 3.63) is 42.1 Å². The molecule has 2 heteroatoms. The predicted molar refractivity (Wildman–Crippen MR) is 93.8 cm³/mol. The maximum atomic E-state index is 4.44. The number of para-hydroxylation sites is 1. The summed E-state index contributed by atoms with van der Waals surface area (Å²) in [4.78, 5) is 4.44. The van der Waals surface area contributed by atoms with E-state index in [4.69, 9.17) is 0 Å². The van der Waals surface area contributed by atoms with Crippen molar-refractivity contribution in [1.82, 2.24) is 10.3 Å². The van der Waals surface area contributed by atoms with E-state index in [1.54, 1.807) is 0 Å². The first-order valence-corrected chi connectivity index (χ1v) is 8.90. The third kappa shape index (κ3) is 3.86. The Morgan fingerprint density at radius 2 is 1.82 bits per heavy atom. The summed E-state index contributed by atoms with van der Waals surface area (Å²) in [5.41, 5.74) is 2.46. The summed E-state index contributed by atoms with van der Waals surface area (Å²) in [6.45, 7) is 4.43. The Labute approximate surface area is 134 Å². The second-order valence-corrected chi connectivity index (χ2v) is 6.79. The monoisotopic (exact) mass is 296 g/mol. The van der Waals surface area contributed by atoms with Gasteiger partial charge in [-0.1, -0.05) is 50.8 Å². The number of hydrogen-bond acceptors (Lipinski definition) is 2. The summed E-state index contributed by atoms with van der Waals surface area (Å²) in [5, 5.41) is 4.96. The van der Waals surface area contributed by atoms with E-state index in [1.807, 2.05) is 6.20 Å². The molecule has 1 aromatic carbocycles. The van der Waals surface area contributed by atoms with E-state index in [9.17, 15) is 0 Å². The van der Waals surface area contributed by atoms with Gasteiger partial charge in [-0.15, -0.1) is 0 Å². The predicted octanol–water partition coefficient (Wildman–Crippen LogP) is 4.93. The lowest BCUT2D eigenvalue weighted by molar-refractivity contribution is 0.256. The maximum Gasteiger partial charge on any atom is 0.0705 e. The van der Waals surface area contributed by atoms with E-state index in [-0.39, 0.29) is 0 Å². The highest BCUT2D eigenvalue weighted by Gasteiger charge is 2.20. The van der Waals surface area contributed by atoms with Crippen molar-refractivity contribution in [3.63, 3.8) is 0 Å². The highest BCUT2D eigenvalue weighted by molar-refractivity contribution is 5.81. The molecule has 1 fully saturated rings. The van der Waals surface area contributed by atoms with Crippen LogP contribution in [-0.2, 0) is 6.54 Å². The van der Waals surface area contributed by atoms with Crippen LogP contribution in [0.25, 0.3) is 10.9 Å². The first-order valence-electron chi connectivity index (χ1n) is 8.90. The lowest BCUT2D eigenvalue weighted by Crippen LogP contribution is -2.26. The van der Waals surface area contributed by atoms with Gasteiger partial charge in [0.2, 0.25) is 0 Å². The minimum absolute atomic E-state index is 0.876. The third-order valence-corrected chi connectivity index (χ3v) is 5.15. The van der Waals surface area contributed by atoms with Gasteiger partial charge >= 0.3 is 0 Å². The Morgan fingerprint density at radius 1 is 1.05 bits per heavy atom. The molecule has 0 bridgehead atoms. The lowest BCUT2D eigenvalue weighted by Gasteiger charge is -2.28. The lowest BCUT2D eigenvalue weighted by atomic mass is 9.80. The molecule has 2 aromatic rings. The van der Waals surface area contributed by atoms with Crippen LogP contribution < -0.4 is 5.32 Å². The van der Waals surface area contributed by atoms with Gasteiger partial charge in [-0.05, 0) is 48.9 Å². The summed E-state index contributed by atoms with van der Waals surface area (Å²) in [5.74, 6) is 1.88. The van der Waals surface area contributed by atoms with Crippen LogP contribution in [0.15, 0.2) is 36.5 Å². The van der Waals surface area contributed by atoms with Crippen LogP contribution in [0.3, 0.4) is 0 Å². The van der Waals surface area contributed by atoms with E-state index in [0.29, 0.717) is 0 Å². The molecule has 22 heavy (non-hydrogen) atoms. The molecular weight excluding hydrogens is 268 g/mol. The fourth-order valence-corrected chi connectivity index (χ4v) is 3.85. The standard InChI is InChI=1S/C20H28N2/c1-2-5-16-8-10-17(11-9-16)14-21-15-18-12-13-22-20-7-4-3-6-19(18)20/h3-4,6-7,12-13,16-17,21H,2,5,8-11,14-15H2,1H3. The SMILES string of the molecule is CCCC1CCC(CNCc2ccnc3ccccc23)CC1. The molecule has 0 unspecified atom stereocenters. The quantitative estimate of drug-likeness (QED) is 0.817. The molecule has 1 aliphatic carbocycles. The summed E-state index contributed by atoms with van der Waals surface area (Å²) >= 11 is 0. The van der Waals surface area contributed by atoms with Gasteiger partial charge in [0.15, 0.2) is 0 Å². The van der Waals surface area contributed by atoms with Crippen molar-refractivity contribution >= 4 is 10.9 Å². The minimum atomic E-state index is 0.876. The first kappa shape index (κ1) is 15.5. The molecular formula is C20H28N2. The van der Waals surface area contributed by atoms with E-state index in [1.165, 1.54) is 49.5 Å². The van der Waals surface area contributed by atoms with Crippen molar-refractivity contribution in [1.29, 1.82) is 0 Å². The highest BCUT2D eigenvalue weighted by Crippen LogP contribution is 2.31. The molecule has 1 heterocycles. The van der Waals surface area contributed by atoms with Gasteiger partial charge in [0, 0.05) is 18.1 Å². The summed E-state index contributed by atoms with van der Waals surface area (Å²) in [6, 6.07) is 10.6. The molecule has 0 amide bonds. The number of pyridine rings is 1. The van der Waals surface area contributed by atoms with Gasteiger partial charge in [0.1, 0.15) is 0 Å². The van der Waals surface area contributed by atoms with Gasteiger partial charge < -0.3 is 5.32 Å². The van der Waals surface area contributed by atoms with E-state index < -0.39 is 0 Å². The number of hydrogen-bond donors (Lipinski definition) is 1. The number of fused-ring (bicyclic) bond motifs is 1. The molecule has 0 spiro atoms. The van der Waals surface area contributed by atoms with Gasteiger partial charge in [0.25, 0.3) is 0 Å². The average molecular weight is 296 g/mol. The smallest absolute Gasteiger partial charge is 0.0705 e. The fraction of sp³-hybridized carbons (Fsp3) is 0.550. The molecule has 1 N–H and O–H groups in total. The fourth-order valence-electron chi connectivity index (χ4n) is 3.85. The van der Waals surface area contributed by atoms with Gasteiger partial charge in [-0.25, -0.2) is 0 Å². The van der Waals surface area contributed by atoms with Gasteiger partial charge in [-0.3, -0.25) is 4.98 Å². The Balaban J connectivity index is 1.49. The number of aromatic nitrogens is 1. The second kappa shape index (κ2) is 7.73. The third-order valence-electron chi connectivity index (χ3n) is 5.15. The molecule has 1 aliphatic rings. The molecule has 0 saturated heterocycles. The van der Waals surface area contributed by atoms with E-state index >= 15 is 0 Å². The molecule has 1 aromatic heterocycles. The summed E-state index contributed by atoms with van der Waals surface area (Å²) in [7, 11) is 0. The van der Waals surface area contributed by atoms with Crippen molar-refractivity contribution in [3.8, 4) is 0 Å². The van der Waals surface area contributed by atoms with Crippen molar-refractivity contribution in [2.75, 3.05) is 6.54 Å². The molecule has 3 rings (SSSR count). The van der Waals surface area contributed by atoms with Crippen LogP contribution in [0.1, 0.15) is 51.0 Å². The van der Waals surface area contributed by atoms with Gasteiger partial charge in [0.05, 0.1) is 5.52 Å². The maximum absolute atomic E-state index is 4.44. The number of benzene rings is 1. The number of nitrogens with one attached hydrogen (secondary N) is 1. The van der Waals surface area contributed by atoms with E-state index in [0.717, 1.165) is 30.4 Å².